The second-order valence-electron chi connectivity index (χ2n) is 1.97. The smallest absolute Gasteiger partial charge is 0.0621 e. The summed E-state index contributed by atoms with van der Waals surface area (Å²) in [6.07, 6.45) is 8.10. The normalized spacial score (nSPS) is 8.07. The molecule has 68 valence electrons. The Kier molecular flexibility index (Phi) is 9.20. The summed E-state index contributed by atoms with van der Waals surface area (Å²) in [5.74, 6) is 15.6. The highest BCUT2D eigenvalue weighted by atomic mass is 16.2. The van der Waals surface area contributed by atoms with Crippen molar-refractivity contribution in [3.05, 3.63) is 37.0 Å². The van der Waals surface area contributed by atoms with Crippen LogP contribution in [0.3, 0.4) is 0 Å². The van der Waals surface area contributed by atoms with Crippen LogP contribution in [0.1, 0.15) is 0 Å². The van der Waals surface area contributed by atoms with E-state index in [1.165, 1.54) is 6.08 Å². The molecule has 0 aromatic carbocycles. The van der Waals surface area contributed by atoms with E-state index in [9.17, 15) is 0 Å². The van der Waals surface area contributed by atoms with E-state index in [-0.39, 0.29) is 6.61 Å². The number of hydrogen-bond acceptors (Lipinski definition) is 1. The molecule has 0 radical (unpaired) electrons. The largest absolute Gasteiger partial charge is 0.392 e. The van der Waals surface area contributed by atoms with Gasteiger partial charge in [0.1, 0.15) is 0 Å². The van der Waals surface area contributed by atoms with Gasteiger partial charge in [-0.1, -0.05) is 36.6 Å². The minimum Gasteiger partial charge on any atom is -0.392 e. The Morgan fingerprint density at radius 1 is 1.00 bits per heavy atom. The Balaban J connectivity index is 3.96. The monoisotopic (exact) mass is 182 g/mol. The summed E-state index contributed by atoms with van der Waals surface area (Å²) < 4.78 is 0. The number of aliphatic hydroxyl groups excluding tert-OH is 1. The van der Waals surface area contributed by atoms with Crippen LogP contribution in [0.4, 0.5) is 0 Å². The second-order valence-corrected chi connectivity index (χ2v) is 1.97. The van der Waals surface area contributed by atoms with Gasteiger partial charge >= 0.3 is 0 Å². The van der Waals surface area contributed by atoms with Crippen molar-refractivity contribution >= 4 is 0 Å². The van der Waals surface area contributed by atoms with Crippen molar-refractivity contribution in [3.63, 3.8) is 0 Å². The highest BCUT2D eigenvalue weighted by Crippen LogP contribution is 1.68. The maximum Gasteiger partial charge on any atom is 0.0621 e. The minimum absolute atomic E-state index is 0.00569. The molecule has 1 N–H and O–H groups in total. The zero-order chi connectivity index (χ0) is 10.5. The summed E-state index contributed by atoms with van der Waals surface area (Å²) >= 11 is 0. The van der Waals surface area contributed by atoms with Crippen molar-refractivity contribution < 1.29 is 5.11 Å². The summed E-state index contributed by atoms with van der Waals surface area (Å²) in [5.41, 5.74) is 0. The predicted molar refractivity (Wildman–Crippen MR) is 58.9 cm³/mol. The Morgan fingerprint density at radius 2 is 1.64 bits per heavy atom. The van der Waals surface area contributed by atoms with Gasteiger partial charge < -0.3 is 5.11 Å². The molecule has 1 nitrogen and oxygen atoms in total. The number of aliphatic hydroxyl groups is 1. The molecule has 0 heterocycles. The summed E-state index contributed by atoms with van der Waals surface area (Å²) in [7, 11) is 0. The van der Waals surface area contributed by atoms with Crippen molar-refractivity contribution in [2.24, 2.45) is 0 Å². The first-order valence-corrected chi connectivity index (χ1v) is 3.96. The van der Waals surface area contributed by atoms with Gasteiger partial charge in [-0.05, 0) is 35.8 Å². The number of allylic oxidation sites excluding steroid dienone is 4. The van der Waals surface area contributed by atoms with Gasteiger partial charge in [-0.15, -0.1) is 0 Å². The summed E-state index contributed by atoms with van der Waals surface area (Å²) in [6.45, 7) is 3.49. The van der Waals surface area contributed by atoms with Crippen LogP contribution in [0.5, 0.6) is 0 Å². The van der Waals surface area contributed by atoms with E-state index in [0.717, 1.165) is 0 Å². The Hall–Kier alpha value is -2.14. The van der Waals surface area contributed by atoms with Crippen LogP contribution < -0.4 is 0 Å². The van der Waals surface area contributed by atoms with E-state index in [1.807, 2.05) is 0 Å². The van der Waals surface area contributed by atoms with Crippen LogP contribution in [0.25, 0.3) is 0 Å². The first kappa shape index (κ1) is 11.9. The number of rotatable bonds is 2. The highest BCUT2D eigenvalue weighted by molar-refractivity contribution is 5.39. The lowest BCUT2D eigenvalue weighted by Crippen LogP contribution is -1.67. The topological polar surface area (TPSA) is 20.2 Å². The van der Waals surface area contributed by atoms with E-state index in [1.54, 1.807) is 24.3 Å². The van der Waals surface area contributed by atoms with Crippen LogP contribution in [-0.4, -0.2) is 11.7 Å². The molecular formula is C13H10O. The van der Waals surface area contributed by atoms with Gasteiger partial charge in [0.05, 0.1) is 6.61 Å². The summed E-state index contributed by atoms with van der Waals surface area (Å²) in [5, 5.41) is 8.36. The van der Waals surface area contributed by atoms with Gasteiger partial charge in [0, 0.05) is 0 Å². The van der Waals surface area contributed by atoms with Gasteiger partial charge in [-0.2, -0.15) is 0 Å². The maximum absolute atomic E-state index is 8.36. The minimum atomic E-state index is -0.00569. The van der Waals surface area contributed by atoms with Gasteiger partial charge in [0.25, 0.3) is 0 Å². The molecule has 0 aliphatic rings. The number of hydrogen-bond donors (Lipinski definition) is 1. The fraction of sp³-hybridized carbons (Fsp3) is 0.0769. The van der Waals surface area contributed by atoms with Gasteiger partial charge in [0.15, 0.2) is 0 Å². The van der Waals surface area contributed by atoms with Crippen LogP contribution in [0.2, 0.25) is 0 Å². The molecule has 0 unspecified atom stereocenters. The Bertz CT molecular complexity index is 392. The molecule has 1 heteroatoms. The Morgan fingerprint density at radius 3 is 2.21 bits per heavy atom. The van der Waals surface area contributed by atoms with Crippen molar-refractivity contribution in [2.45, 2.75) is 0 Å². The average molecular weight is 182 g/mol. The quantitative estimate of drug-likeness (QED) is 0.504. The van der Waals surface area contributed by atoms with Crippen molar-refractivity contribution in [2.75, 3.05) is 6.61 Å². The van der Waals surface area contributed by atoms with Gasteiger partial charge in [0.2, 0.25) is 0 Å². The molecule has 0 aliphatic heterocycles. The zero-order valence-electron chi connectivity index (χ0n) is 7.75. The molecule has 0 amide bonds. The molecule has 0 saturated heterocycles. The van der Waals surface area contributed by atoms with Gasteiger partial charge in [-0.3, -0.25) is 0 Å². The van der Waals surface area contributed by atoms with E-state index < -0.39 is 0 Å². The molecular weight excluding hydrogens is 172 g/mol. The molecule has 14 heavy (non-hydrogen) atoms. The average Bonchev–Trinajstić information content (AvgIpc) is 2.21. The first-order chi connectivity index (χ1) is 6.91. The third-order valence-electron chi connectivity index (χ3n) is 0.954. The molecule has 0 aromatic rings. The second kappa shape index (κ2) is 10.9. The predicted octanol–water partition coefficient (Wildman–Crippen LogP) is 1.29. The first-order valence-electron chi connectivity index (χ1n) is 3.96. The molecule has 0 spiro atoms. The molecule has 0 rings (SSSR count). The van der Waals surface area contributed by atoms with Crippen LogP contribution in [-0.2, 0) is 0 Å². The van der Waals surface area contributed by atoms with Crippen LogP contribution >= 0.6 is 0 Å². The van der Waals surface area contributed by atoms with E-state index >= 15 is 0 Å². The molecule has 0 saturated carbocycles. The van der Waals surface area contributed by atoms with Gasteiger partial charge in [-0.25, -0.2) is 0 Å². The SMILES string of the molecule is C=CC=CC#CC#CC#CC=CCO. The lowest BCUT2D eigenvalue weighted by atomic mass is 10.4. The summed E-state index contributed by atoms with van der Waals surface area (Å²) in [4.78, 5) is 0. The fourth-order valence-corrected chi connectivity index (χ4v) is 0.446. The fourth-order valence-electron chi connectivity index (χ4n) is 0.446. The molecule has 0 aromatic heterocycles. The highest BCUT2D eigenvalue weighted by Gasteiger charge is 1.60. The third-order valence-corrected chi connectivity index (χ3v) is 0.954. The molecule has 0 atom stereocenters. The van der Waals surface area contributed by atoms with E-state index in [0.29, 0.717) is 0 Å². The molecule has 0 aliphatic carbocycles. The third kappa shape index (κ3) is 9.86. The Labute approximate surface area is 84.8 Å². The van der Waals surface area contributed by atoms with Crippen molar-refractivity contribution in [1.82, 2.24) is 0 Å². The maximum atomic E-state index is 8.36. The lowest BCUT2D eigenvalue weighted by Gasteiger charge is -1.68. The van der Waals surface area contributed by atoms with E-state index in [4.69, 9.17) is 5.11 Å². The van der Waals surface area contributed by atoms with E-state index in [2.05, 4.69) is 42.1 Å². The van der Waals surface area contributed by atoms with Crippen molar-refractivity contribution in [3.8, 4) is 35.5 Å². The zero-order valence-corrected chi connectivity index (χ0v) is 7.75. The van der Waals surface area contributed by atoms with Crippen molar-refractivity contribution in [1.29, 1.82) is 0 Å². The molecule has 0 bridgehead atoms. The molecule has 0 fully saturated rings. The standard InChI is InChI=1S/C13H10O/c1-2-3-4-5-6-7-8-9-10-11-12-13-14/h2-4,11-12,14H,1,13H2. The summed E-state index contributed by atoms with van der Waals surface area (Å²) in [6, 6.07) is 0. The lowest BCUT2D eigenvalue weighted by molar-refractivity contribution is 0.343. The van der Waals surface area contributed by atoms with Crippen LogP contribution in [0, 0.1) is 35.5 Å². The van der Waals surface area contributed by atoms with Crippen LogP contribution in [0.15, 0.2) is 37.0 Å².